The van der Waals surface area contributed by atoms with Gasteiger partial charge in [0.1, 0.15) is 0 Å². The summed E-state index contributed by atoms with van der Waals surface area (Å²) in [6.07, 6.45) is 2.46. The van der Waals surface area contributed by atoms with E-state index in [-0.39, 0.29) is 5.78 Å². The molecule has 0 amide bonds. The first-order chi connectivity index (χ1) is 11.2. The molecule has 3 rings (SSSR count). The molecule has 0 aliphatic carbocycles. The number of carbonyl (C=O) groups excluding carboxylic acids is 2. The number of rotatable bonds is 4. The molecule has 0 atom stereocenters. The number of carbonyl (C=O) groups is 2. The molecule has 0 N–H and O–H groups in total. The predicted octanol–water partition coefficient (Wildman–Crippen LogP) is 4.10. The van der Waals surface area contributed by atoms with Crippen LogP contribution < -0.4 is 0 Å². The summed E-state index contributed by atoms with van der Waals surface area (Å²) in [7, 11) is 0. The lowest BCUT2D eigenvalue weighted by Crippen LogP contribution is -2.08. The molecular weight excluding hydrogens is 286 g/mol. The van der Waals surface area contributed by atoms with Crippen molar-refractivity contribution in [1.29, 1.82) is 0 Å². The van der Waals surface area contributed by atoms with Crippen LogP contribution in [0.15, 0.2) is 66.9 Å². The van der Waals surface area contributed by atoms with Crippen LogP contribution in [0.4, 0.5) is 0 Å². The summed E-state index contributed by atoms with van der Waals surface area (Å²) in [6.45, 7) is 1.80. The Kier molecular flexibility index (Phi) is 4.11. The van der Waals surface area contributed by atoms with E-state index in [1.807, 2.05) is 36.4 Å². The highest BCUT2D eigenvalue weighted by Crippen LogP contribution is 2.23. The van der Waals surface area contributed by atoms with Crippen molar-refractivity contribution in [3.05, 3.63) is 89.2 Å². The Bertz CT molecular complexity index is 870. The fraction of sp³-hybridized carbons (Fsp3) is 0.0500. The van der Waals surface area contributed by atoms with Gasteiger partial charge in [0.25, 0.3) is 0 Å². The van der Waals surface area contributed by atoms with Gasteiger partial charge in [-0.05, 0) is 18.6 Å². The lowest BCUT2D eigenvalue weighted by atomic mass is 9.96. The monoisotopic (exact) mass is 301 g/mol. The molecule has 0 saturated heterocycles. The Morgan fingerprint density at radius 3 is 2.35 bits per heavy atom. The van der Waals surface area contributed by atoms with Gasteiger partial charge in [0.2, 0.25) is 0 Å². The molecule has 0 bridgehead atoms. The second-order valence-electron chi connectivity index (χ2n) is 5.26. The van der Waals surface area contributed by atoms with Crippen molar-refractivity contribution in [2.24, 2.45) is 0 Å². The van der Waals surface area contributed by atoms with Crippen LogP contribution >= 0.6 is 0 Å². The van der Waals surface area contributed by atoms with E-state index >= 15 is 0 Å². The van der Waals surface area contributed by atoms with E-state index in [4.69, 9.17) is 0 Å². The molecule has 3 heteroatoms. The zero-order chi connectivity index (χ0) is 16.2. The third kappa shape index (κ3) is 2.94. The normalized spacial score (nSPS) is 10.3. The predicted molar refractivity (Wildman–Crippen MR) is 89.7 cm³/mol. The van der Waals surface area contributed by atoms with Crippen molar-refractivity contribution in [1.82, 2.24) is 4.98 Å². The van der Waals surface area contributed by atoms with Crippen LogP contribution in [0.2, 0.25) is 0 Å². The van der Waals surface area contributed by atoms with Crippen molar-refractivity contribution < 1.29 is 9.59 Å². The third-order valence-corrected chi connectivity index (χ3v) is 3.77. The van der Waals surface area contributed by atoms with Crippen LogP contribution in [0.1, 0.15) is 32.0 Å². The topological polar surface area (TPSA) is 47.0 Å². The smallest absolute Gasteiger partial charge is 0.195 e. The van der Waals surface area contributed by atoms with E-state index in [2.05, 4.69) is 4.98 Å². The van der Waals surface area contributed by atoms with Crippen molar-refractivity contribution in [2.75, 3.05) is 0 Å². The third-order valence-electron chi connectivity index (χ3n) is 3.77. The summed E-state index contributed by atoms with van der Waals surface area (Å²) in [5.74, 6) is -0.185. The Morgan fingerprint density at radius 1 is 0.913 bits per heavy atom. The summed E-state index contributed by atoms with van der Waals surface area (Å²) >= 11 is 0. The van der Waals surface area contributed by atoms with Gasteiger partial charge in [-0.2, -0.15) is 0 Å². The lowest BCUT2D eigenvalue weighted by Gasteiger charge is -2.09. The van der Waals surface area contributed by atoms with E-state index in [1.54, 1.807) is 37.4 Å². The van der Waals surface area contributed by atoms with Crippen LogP contribution in [0.3, 0.4) is 0 Å². The summed E-state index contributed by atoms with van der Waals surface area (Å²) in [6, 6.07) is 18.4. The van der Waals surface area contributed by atoms with E-state index in [0.29, 0.717) is 28.7 Å². The zero-order valence-corrected chi connectivity index (χ0v) is 12.7. The highest BCUT2D eigenvalue weighted by atomic mass is 16.1. The van der Waals surface area contributed by atoms with E-state index < -0.39 is 0 Å². The van der Waals surface area contributed by atoms with Gasteiger partial charge < -0.3 is 0 Å². The molecule has 0 aliphatic rings. The first-order valence-corrected chi connectivity index (χ1v) is 7.31. The first-order valence-electron chi connectivity index (χ1n) is 7.31. The Balaban J connectivity index is 2.09. The number of aryl methyl sites for hydroxylation is 1. The van der Waals surface area contributed by atoms with Gasteiger partial charge in [-0.25, -0.2) is 0 Å². The first kappa shape index (κ1) is 14.9. The number of benzene rings is 2. The van der Waals surface area contributed by atoms with E-state index in [0.717, 1.165) is 11.1 Å². The maximum Gasteiger partial charge on any atom is 0.195 e. The molecule has 0 radical (unpaired) electrons. The molecule has 23 heavy (non-hydrogen) atoms. The number of ketones is 1. The van der Waals surface area contributed by atoms with Gasteiger partial charge in [0.15, 0.2) is 12.1 Å². The Morgan fingerprint density at radius 2 is 1.61 bits per heavy atom. The molecule has 2 aromatic carbocycles. The summed E-state index contributed by atoms with van der Waals surface area (Å²) in [5.41, 5.74) is 3.83. The molecule has 0 aliphatic heterocycles. The second kappa shape index (κ2) is 6.36. The van der Waals surface area contributed by atoms with Crippen LogP contribution in [0.25, 0.3) is 11.1 Å². The maximum atomic E-state index is 12.8. The number of aromatic nitrogens is 1. The SMILES string of the molecule is Cc1ncc(-c2ccccc2)cc1C(=O)c1ccccc1C=O. The lowest BCUT2D eigenvalue weighted by molar-refractivity contribution is 0.102. The number of nitrogens with zero attached hydrogens (tertiary/aromatic N) is 1. The summed E-state index contributed by atoms with van der Waals surface area (Å²) < 4.78 is 0. The zero-order valence-electron chi connectivity index (χ0n) is 12.7. The number of pyridine rings is 1. The molecule has 0 spiro atoms. The highest BCUT2D eigenvalue weighted by Gasteiger charge is 2.16. The molecule has 0 saturated carbocycles. The second-order valence-corrected chi connectivity index (χ2v) is 5.26. The highest BCUT2D eigenvalue weighted by molar-refractivity contribution is 6.13. The van der Waals surface area contributed by atoms with Crippen LogP contribution in [-0.4, -0.2) is 17.1 Å². The van der Waals surface area contributed by atoms with Gasteiger partial charge in [-0.3, -0.25) is 14.6 Å². The van der Waals surface area contributed by atoms with Gasteiger partial charge in [0.05, 0.1) is 0 Å². The summed E-state index contributed by atoms with van der Waals surface area (Å²) in [4.78, 5) is 28.3. The molecule has 0 unspecified atom stereocenters. The fourth-order valence-corrected chi connectivity index (χ4v) is 2.50. The van der Waals surface area contributed by atoms with Crippen molar-refractivity contribution >= 4 is 12.1 Å². The van der Waals surface area contributed by atoms with Crippen LogP contribution in [-0.2, 0) is 0 Å². The molecule has 1 heterocycles. The average molecular weight is 301 g/mol. The van der Waals surface area contributed by atoms with Crippen LogP contribution in [0.5, 0.6) is 0 Å². The minimum Gasteiger partial charge on any atom is -0.298 e. The van der Waals surface area contributed by atoms with Crippen molar-refractivity contribution in [2.45, 2.75) is 6.92 Å². The number of hydrogen-bond acceptors (Lipinski definition) is 3. The minimum absolute atomic E-state index is 0.185. The van der Waals surface area contributed by atoms with Gasteiger partial charge in [-0.1, -0.05) is 54.6 Å². The van der Waals surface area contributed by atoms with E-state index in [9.17, 15) is 9.59 Å². The molecule has 112 valence electrons. The molecule has 3 aromatic rings. The van der Waals surface area contributed by atoms with Gasteiger partial charge in [0, 0.05) is 34.1 Å². The number of aldehydes is 1. The average Bonchev–Trinajstić information content (AvgIpc) is 2.62. The standard InChI is InChI=1S/C20H15NO2/c1-14-19(20(23)18-10-6-5-9-16(18)13-22)11-17(12-21-14)15-7-3-2-4-8-15/h2-13H,1H3. The minimum atomic E-state index is -0.185. The van der Waals surface area contributed by atoms with Crippen molar-refractivity contribution in [3.63, 3.8) is 0 Å². The fourth-order valence-electron chi connectivity index (χ4n) is 2.50. The van der Waals surface area contributed by atoms with Crippen LogP contribution in [0, 0.1) is 6.92 Å². The molecule has 0 fully saturated rings. The molecular formula is C20H15NO2. The van der Waals surface area contributed by atoms with E-state index in [1.165, 1.54) is 0 Å². The quantitative estimate of drug-likeness (QED) is 0.538. The Labute approximate surface area is 134 Å². The van der Waals surface area contributed by atoms with Gasteiger partial charge in [-0.15, -0.1) is 0 Å². The molecule has 3 nitrogen and oxygen atoms in total. The largest absolute Gasteiger partial charge is 0.298 e. The number of hydrogen-bond donors (Lipinski definition) is 0. The Hall–Kier alpha value is -3.07. The van der Waals surface area contributed by atoms with Crippen molar-refractivity contribution in [3.8, 4) is 11.1 Å². The molecule has 1 aromatic heterocycles. The van der Waals surface area contributed by atoms with Gasteiger partial charge >= 0.3 is 0 Å². The maximum absolute atomic E-state index is 12.8. The summed E-state index contributed by atoms with van der Waals surface area (Å²) in [5, 5.41) is 0.